The molecule has 0 fully saturated rings. The summed E-state index contributed by atoms with van der Waals surface area (Å²) in [5, 5.41) is 26.7. The second-order valence-corrected chi connectivity index (χ2v) is 5.14. The predicted molar refractivity (Wildman–Crippen MR) is 71.6 cm³/mol. The van der Waals surface area contributed by atoms with E-state index < -0.39 is 22.3 Å². The summed E-state index contributed by atoms with van der Waals surface area (Å²) in [6.07, 6.45) is 0. The van der Waals surface area contributed by atoms with Gasteiger partial charge in [0.05, 0.1) is 12.6 Å². The van der Waals surface area contributed by atoms with E-state index in [1.165, 1.54) is 17.4 Å². The van der Waals surface area contributed by atoms with E-state index in [2.05, 4.69) is 5.32 Å². The van der Waals surface area contributed by atoms with Gasteiger partial charge in [0.1, 0.15) is 10.5 Å². The van der Waals surface area contributed by atoms with Gasteiger partial charge in [-0.05, 0) is 35.4 Å². The molecule has 0 saturated heterocycles. The van der Waals surface area contributed by atoms with Gasteiger partial charge in [-0.25, -0.2) is 0 Å². The molecule has 106 valence electrons. The van der Waals surface area contributed by atoms with Gasteiger partial charge in [-0.1, -0.05) is 0 Å². The molecule has 1 amide bonds. The van der Waals surface area contributed by atoms with Gasteiger partial charge >= 0.3 is 5.88 Å². The quantitative estimate of drug-likeness (QED) is 0.647. The van der Waals surface area contributed by atoms with Gasteiger partial charge in [0.2, 0.25) is 0 Å². The van der Waals surface area contributed by atoms with Crippen LogP contribution in [0.25, 0.3) is 0 Å². The number of nitrogens with zero attached hydrogens (tertiary/aromatic N) is 1. The number of hydrogen-bond donors (Lipinski definition) is 2. The monoisotopic (exact) mass is 296 g/mol. The molecule has 2 N–H and O–H groups in total. The number of carbonyl (C=O) groups excluding carboxylic acids is 1. The number of aliphatic hydroxyl groups is 1. The van der Waals surface area contributed by atoms with Crippen LogP contribution in [0, 0.1) is 10.1 Å². The van der Waals surface area contributed by atoms with E-state index in [0.717, 1.165) is 6.07 Å². The van der Waals surface area contributed by atoms with Gasteiger partial charge in [0.15, 0.2) is 5.76 Å². The zero-order valence-corrected chi connectivity index (χ0v) is 11.3. The third kappa shape index (κ3) is 3.03. The highest BCUT2D eigenvalue weighted by Crippen LogP contribution is 2.22. The highest BCUT2D eigenvalue weighted by Gasteiger charge is 2.25. The average molecular weight is 296 g/mol. The molecule has 7 nitrogen and oxygen atoms in total. The molecule has 0 aliphatic heterocycles. The molecule has 0 spiro atoms. The summed E-state index contributed by atoms with van der Waals surface area (Å²) in [5.41, 5.74) is -0.526. The number of rotatable bonds is 5. The fraction of sp³-hybridized carbons (Fsp3) is 0.250. The lowest BCUT2D eigenvalue weighted by Crippen LogP contribution is -2.38. The van der Waals surface area contributed by atoms with Crippen molar-refractivity contribution in [3.05, 3.63) is 50.4 Å². The second kappa shape index (κ2) is 5.43. The van der Waals surface area contributed by atoms with Crippen LogP contribution in [0.2, 0.25) is 0 Å². The molecule has 0 saturated carbocycles. The molecule has 20 heavy (non-hydrogen) atoms. The number of carbonyl (C=O) groups is 1. The van der Waals surface area contributed by atoms with Crippen LogP contribution >= 0.6 is 11.3 Å². The summed E-state index contributed by atoms with van der Waals surface area (Å²) in [6, 6.07) is 4.08. The van der Waals surface area contributed by atoms with Crippen LogP contribution in [0.3, 0.4) is 0 Å². The van der Waals surface area contributed by atoms with Crippen LogP contribution in [-0.4, -0.2) is 22.5 Å². The summed E-state index contributed by atoms with van der Waals surface area (Å²) in [5.74, 6) is -1.29. The first-order chi connectivity index (χ1) is 9.40. The highest BCUT2D eigenvalue weighted by molar-refractivity contribution is 7.08. The normalized spacial score (nSPS) is 13.7. The molecular weight excluding hydrogens is 284 g/mol. The summed E-state index contributed by atoms with van der Waals surface area (Å²) < 4.78 is 4.77. The Bertz CT molecular complexity index is 618. The Morgan fingerprint density at radius 1 is 1.55 bits per heavy atom. The lowest BCUT2D eigenvalue weighted by molar-refractivity contribution is -0.402. The van der Waals surface area contributed by atoms with Crippen LogP contribution in [0.1, 0.15) is 23.0 Å². The molecule has 0 bridgehead atoms. The first kappa shape index (κ1) is 14.2. The van der Waals surface area contributed by atoms with Crippen LogP contribution in [0.5, 0.6) is 0 Å². The van der Waals surface area contributed by atoms with Crippen molar-refractivity contribution in [2.24, 2.45) is 0 Å². The average Bonchev–Trinajstić information content (AvgIpc) is 3.06. The minimum atomic E-state index is -1.21. The van der Waals surface area contributed by atoms with Gasteiger partial charge in [-0.3, -0.25) is 14.9 Å². The van der Waals surface area contributed by atoms with Crippen LogP contribution in [0.15, 0.2) is 33.4 Å². The molecule has 0 radical (unpaired) electrons. The first-order valence-corrected chi connectivity index (χ1v) is 6.62. The fourth-order valence-electron chi connectivity index (χ4n) is 1.56. The number of furan rings is 1. The molecule has 0 aliphatic carbocycles. The summed E-state index contributed by atoms with van der Waals surface area (Å²) in [6.45, 7) is 1.54. The molecule has 2 aromatic heterocycles. The van der Waals surface area contributed by atoms with Crippen molar-refractivity contribution in [2.45, 2.75) is 12.5 Å². The SMILES string of the molecule is CC(O)(CNC(=O)c1ccc([N+](=O)[O-])o1)c1ccsc1. The van der Waals surface area contributed by atoms with Gasteiger partial charge in [0.25, 0.3) is 5.91 Å². The van der Waals surface area contributed by atoms with E-state index in [1.54, 1.807) is 18.4 Å². The largest absolute Gasteiger partial charge is 0.433 e. The number of amides is 1. The van der Waals surface area contributed by atoms with Crippen LogP contribution < -0.4 is 5.32 Å². The number of nitro groups is 1. The Morgan fingerprint density at radius 2 is 2.30 bits per heavy atom. The fourth-order valence-corrected chi connectivity index (χ4v) is 2.34. The highest BCUT2D eigenvalue weighted by atomic mass is 32.1. The first-order valence-electron chi connectivity index (χ1n) is 5.67. The molecule has 2 heterocycles. The van der Waals surface area contributed by atoms with Crippen molar-refractivity contribution in [3.63, 3.8) is 0 Å². The summed E-state index contributed by atoms with van der Waals surface area (Å²) >= 11 is 1.44. The molecule has 1 atom stereocenters. The van der Waals surface area contributed by atoms with Crippen molar-refractivity contribution in [2.75, 3.05) is 6.54 Å². The van der Waals surface area contributed by atoms with E-state index in [4.69, 9.17) is 4.42 Å². The Labute approximate surface area is 118 Å². The van der Waals surface area contributed by atoms with E-state index in [-0.39, 0.29) is 12.3 Å². The van der Waals surface area contributed by atoms with Gasteiger partial charge in [-0.2, -0.15) is 11.3 Å². The third-order valence-electron chi connectivity index (χ3n) is 2.73. The van der Waals surface area contributed by atoms with Crippen LogP contribution in [0.4, 0.5) is 5.88 Å². The van der Waals surface area contributed by atoms with Gasteiger partial charge in [0, 0.05) is 0 Å². The molecule has 2 rings (SSSR count). The van der Waals surface area contributed by atoms with Gasteiger partial charge in [-0.15, -0.1) is 0 Å². The number of hydrogen-bond acceptors (Lipinski definition) is 6. The standard InChI is InChI=1S/C12H12N2O5S/c1-12(16,8-4-5-20-6-8)7-13-11(15)9-2-3-10(19-9)14(17)18/h2-6,16H,7H2,1H3,(H,13,15). The third-order valence-corrected chi connectivity index (χ3v) is 3.42. The van der Waals surface area contributed by atoms with Crippen LogP contribution in [-0.2, 0) is 5.60 Å². The van der Waals surface area contributed by atoms with Crippen molar-refractivity contribution in [1.29, 1.82) is 0 Å². The van der Waals surface area contributed by atoms with E-state index >= 15 is 0 Å². The Morgan fingerprint density at radius 3 is 2.85 bits per heavy atom. The lowest BCUT2D eigenvalue weighted by Gasteiger charge is -2.22. The van der Waals surface area contributed by atoms with Crippen molar-refractivity contribution in [3.8, 4) is 0 Å². The minimum absolute atomic E-state index is 0.0307. The molecule has 8 heteroatoms. The van der Waals surface area contributed by atoms with Crippen molar-refractivity contribution >= 4 is 23.1 Å². The molecule has 0 aromatic carbocycles. The zero-order chi connectivity index (χ0) is 14.8. The zero-order valence-electron chi connectivity index (χ0n) is 10.5. The van der Waals surface area contributed by atoms with Crippen molar-refractivity contribution in [1.82, 2.24) is 5.32 Å². The summed E-state index contributed by atoms with van der Waals surface area (Å²) in [4.78, 5) is 21.5. The van der Waals surface area contributed by atoms with E-state index in [1.807, 2.05) is 5.38 Å². The number of thiophene rings is 1. The predicted octanol–water partition coefficient (Wildman–Crippen LogP) is 1.89. The maximum Gasteiger partial charge on any atom is 0.433 e. The Kier molecular flexibility index (Phi) is 3.86. The van der Waals surface area contributed by atoms with E-state index in [0.29, 0.717) is 5.56 Å². The molecular formula is C12H12N2O5S. The number of nitrogens with one attached hydrogen (secondary N) is 1. The molecule has 0 aliphatic rings. The smallest absolute Gasteiger partial charge is 0.395 e. The maximum atomic E-state index is 11.8. The minimum Gasteiger partial charge on any atom is -0.395 e. The Balaban J connectivity index is 1.99. The summed E-state index contributed by atoms with van der Waals surface area (Å²) in [7, 11) is 0. The van der Waals surface area contributed by atoms with Gasteiger partial charge < -0.3 is 14.8 Å². The Hall–Kier alpha value is -2.19. The maximum absolute atomic E-state index is 11.8. The molecule has 1 unspecified atom stereocenters. The van der Waals surface area contributed by atoms with Crippen molar-refractivity contribution < 1.29 is 19.2 Å². The van der Waals surface area contributed by atoms with E-state index in [9.17, 15) is 20.0 Å². The topological polar surface area (TPSA) is 106 Å². The molecule has 2 aromatic rings. The lowest BCUT2D eigenvalue weighted by atomic mass is 9.99. The second-order valence-electron chi connectivity index (χ2n) is 4.36.